The average Bonchev–Trinajstić information content (AvgIpc) is 3.41. The SMILES string of the molecule is CCOC(=O)c1nc(C)c(-c2csc(NC(=O)C3Oc4cc(Cl)c(Cl)cc4O3)n2)s1. The summed E-state index contributed by atoms with van der Waals surface area (Å²) in [4.78, 5) is 33.7. The molecule has 3 heterocycles. The third-order valence-corrected chi connectivity index (χ3v) is 6.52. The summed E-state index contributed by atoms with van der Waals surface area (Å²) in [5, 5.41) is 5.61. The first-order valence-corrected chi connectivity index (χ1v) is 11.0. The van der Waals surface area contributed by atoms with E-state index in [1.807, 2.05) is 0 Å². The second kappa shape index (κ2) is 8.38. The van der Waals surface area contributed by atoms with Gasteiger partial charge in [-0.1, -0.05) is 23.2 Å². The summed E-state index contributed by atoms with van der Waals surface area (Å²) < 4.78 is 15.9. The fraction of sp³-hybridized carbons (Fsp3) is 0.222. The van der Waals surface area contributed by atoms with Gasteiger partial charge in [0.25, 0.3) is 0 Å². The first-order chi connectivity index (χ1) is 14.4. The van der Waals surface area contributed by atoms with Crippen molar-refractivity contribution >= 4 is 62.9 Å². The van der Waals surface area contributed by atoms with Crippen molar-refractivity contribution in [3.8, 4) is 22.1 Å². The van der Waals surface area contributed by atoms with Gasteiger partial charge in [-0.2, -0.15) is 0 Å². The molecule has 1 aliphatic heterocycles. The Kier molecular flexibility index (Phi) is 5.83. The van der Waals surface area contributed by atoms with Crippen LogP contribution in [-0.2, 0) is 9.53 Å². The molecule has 1 aromatic carbocycles. The third kappa shape index (κ3) is 4.08. The van der Waals surface area contributed by atoms with Crippen molar-refractivity contribution in [1.29, 1.82) is 0 Å². The zero-order valence-corrected chi connectivity index (χ0v) is 18.7. The van der Waals surface area contributed by atoms with Gasteiger partial charge in [0.05, 0.1) is 32.9 Å². The topological polar surface area (TPSA) is 99.6 Å². The molecule has 0 spiro atoms. The van der Waals surface area contributed by atoms with Crippen LogP contribution in [0.2, 0.25) is 10.0 Å². The zero-order chi connectivity index (χ0) is 21.4. The maximum Gasteiger partial charge on any atom is 0.367 e. The fourth-order valence-electron chi connectivity index (χ4n) is 2.57. The van der Waals surface area contributed by atoms with E-state index in [0.29, 0.717) is 38.1 Å². The lowest BCUT2D eigenvalue weighted by atomic mass is 10.3. The highest BCUT2D eigenvalue weighted by Gasteiger charge is 2.32. The van der Waals surface area contributed by atoms with Crippen molar-refractivity contribution < 1.29 is 23.8 Å². The fourth-order valence-corrected chi connectivity index (χ4v) is 4.58. The predicted octanol–water partition coefficient (Wildman–Crippen LogP) is 4.79. The van der Waals surface area contributed by atoms with E-state index in [4.69, 9.17) is 37.4 Å². The molecule has 30 heavy (non-hydrogen) atoms. The van der Waals surface area contributed by atoms with Gasteiger partial charge in [0.15, 0.2) is 16.6 Å². The average molecular weight is 486 g/mol. The number of thiazole rings is 2. The molecule has 0 saturated carbocycles. The second-order valence-corrected chi connectivity index (χ2v) is 8.63. The summed E-state index contributed by atoms with van der Waals surface area (Å²) >= 11 is 14.3. The van der Waals surface area contributed by atoms with E-state index in [9.17, 15) is 9.59 Å². The Hall–Kier alpha value is -2.40. The van der Waals surface area contributed by atoms with Gasteiger partial charge in [-0.3, -0.25) is 10.1 Å². The number of nitrogens with zero attached hydrogens (tertiary/aromatic N) is 2. The monoisotopic (exact) mass is 485 g/mol. The molecular weight excluding hydrogens is 473 g/mol. The van der Waals surface area contributed by atoms with Crippen LogP contribution in [0.4, 0.5) is 5.13 Å². The lowest BCUT2D eigenvalue weighted by Crippen LogP contribution is -2.34. The van der Waals surface area contributed by atoms with Crippen molar-refractivity contribution in [3.05, 3.63) is 38.3 Å². The first-order valence-electron chi connectivity index (χ1n) is 8.59. The number of anilines is 1. The highest BCUT2D eigenvalue weighted by atomic mass is 35.5. The van der Waals surface area contributed by atoms with Gasteiger partial charge in [0, 0.05) is 17.5 Å². The number of esters is 1. The molecule has 0 saturated heterocycles. The zero-order valence-electron chi connectivity index (χ0n) is 15.5. The molecule has 0 aliphatic carbocycles. The number of ether oxygens (including phenoxy) is 3. The summed E-state index contributed by atoms with van der Waals surface area (Å²) in [5.41, 5.74) is 1.24. The molecule has 1 N–H and O–H groups in total. The van der Waals surface area contributed by atoms with Crippen LogP contribution in [0.5, 0.6) is 11.5 Å². The molecule has 0 bridgehead atoms. The minimum Gasteiger partial charge on any atom is -0.461 e. The van der Waals surface area contributed by atoms with Gasteiger partial charge in [-0.05, 0) is 13.8 Å². The van der Waals surface area contributed by atoms with E-state index in [1.54, 1.807) is 19.2 Å². The van der Waals surface area contributed by atoms with Crippen LogP contribution in [-0.4, -0.2) is 34.7 Å². The van der Waals surface area contributed by atoms with Crippen molar-refractivity contribution in [1.82, 2.24) is 9.97 Å². The van der Waals surface area contributed by atoms with Crippen LogP contribution in [0.15, 0.2) is 17.5 Å². The Morgan fingerprint density at radius 3 is 2.50 bits per heavy atom. The van der Waals surface area contributed by atoms with Crippen LogP contribution < -0.4 is 14.8 Å². The molecule has 12 heteroatoms. The van der Waals surface area contributed by atoms with Crippen LogP contribution in [0.3, 0.4) is 0 Å². The van der Waals surface area contributed by atoms with Crippen LogP contribution in [0.1, 0.15) is 22.4 Å². The number of carbonyl (C=O) groups excluding carboxylic acids is 2. The van der Waals surface area contributed by atoms with Crippen LogP contribution in [0.25, 0.3) is 10.6 Å². The molecule has 0 atom stereocenters. The minimum atomic E-state index is -1.19. The maximum absolute atomic E-state index is 12.5. The Bertz CT molecular complexity index is 1120. The lowest BCUT2D eigenvalue weighted by Gasteiger charge is -2.08. The van der Waals surface area contributed by atoms with Crippen molar-refractivity contribution in [3.63, 3.8) is 0 Å². The number of hydrogen-bond donors (Lipinski definition) is 1. The standard InChI is InChI=1S/C18H13Cl2N3O5S2/c1-3-26-16(25)15-21-7(2)13(30-15)10-6-29-18(22-10)23-14(24)17-27-11-4-8(19)9(20)5-12(11)28-17/h4-6,17H,3H2,1-2H3,(H,22,23,24). The van der Waals surface area contributed by atoms with Crippen molar-refractivity contribution in [2.24, 2.45) is 0 Å². The molecule has 1 amide bonds. The highest BCUT2D eigenvalue weighted by Crippen LogP contribution is 2.41. The van der Waals surface area contributed by atoms with Crippen LogP contribution in [0, 0.1) is 6.92 Å². The number of carbonyl (C=O) groups is 2. The molecular formula is C18H13Cl2N3O5S2. The normalized spacial score (nSPS) is 12.8. The molecule has 156 valence electrons. The third-order valence-electron chi connectivity index (χ3n) is 3.88. The molecule has 3 aromatic rings. The van der Waals surface area contributed by atoms with E-state index in [1.165, 1.54) is 34.8 Å². The summed E-state index contributed by atoms with van der Waals surface area (Å²) in [5.74, 6) is -0.351. The van der Waals surface area contributed by atoms with Gasteiger partial charge in [0.1, 0.15) is 0 Å². The number of halogens is 2. The van der Waals surface area contributed by atoms with Crippen molar-refractivity contribution in [2.75, 3.05) is 11.9 Å². The van der Waals surface area contributed by atoms with Crippen molar-refractivity contribution in [2.45, 2.75) is 20.1 Å². The Balaban J connectivity index is 1.45. The van der Waals surface area contributed by atoms with Gasteiger partial charge in [-0.15, -0.1) is 22.7 Å². The molecule has 2 aromatic heterocycles. The number of aromatic nitrogens is 2. The lowest BCUT2D eigenvalue weighted by molar-refractivity contribution is -0.131. The van der Waals surface area contributed by atoms with E-state index in [-0.39, 0.29) is 11.6 Å². The molecule has 1 aliphatic rings. The van der Waals surface area contributed by atoms with Gasteiger partial charge in [0.2, 0.25) is 5.01 Å². The first kappa shape index (κ1) is 20.9. The summed E-state index contributed by atoms with van der Waals surface area (Å²) in [6.07, 6.45) is -1.19. The summed E-state index contributed by atoms with van der Waals surface area (Å²) in [6.45, 7) is 3.78. The largest absolute Gasteiger partial charge is 0.461 e. The Morgan fingerprint density at radius 1 is 1.20 bits per heavy atom. The van der Waals surface area contributed by atoms with E-state index in [0.717, 1.165) is 4.88 Å². The Morgan fingerprint density at radius 2 is 1.87 bits per heavy atom. The van der Waals surface area contributed by atoms with E-state index >= 15 is 0 Å². The molecule has 4 rings (SSSR count). The second-order valence-electron chi connectivity index (χ2n) is 5.96. The predicted molar refractivity (Wildman–Crippen MR) is 114 cm³/mol. The number of fused-ring (bicyclic) bond motifs is 1. The minimum absolute atomic E-state index is 0.255. The number of nitrogens with one attached hydrogen (secondary N) is 1. The number of benzene rings is 1. The number of rotatable bonds is 5. The number of hydrogen-bond acceptors (Lipinski definition) is 9. The number of amides is 1. The molecule has 8 nitrogen and oxygen atoms in total. The van der Waals surface area contributed by atoms with Gasteiger partial charge < -0.3 is 14.2 Å². The van der Waals surface area contributed by atoms with Gasteiger partial charge >= 0.3 is 18.2 Å². The maximum atomic E-state index is 12.5. The molecule has 0 fully saturated rings. The Labute approximate surface area is 188 Å². The highest BCUT2D eigenvalue weighted by molar-refractivity contribution is 7.18. The van der Waals surface area contributed by atoms with E-state index in [2.05, 4.69) is 15.3 Å². The molecule has 0 unspecified atom stereocenters. The smallest absolute Gasteiger partial charge is 0.367 e. The quantitative estimate of drug-likeness (QED) is 0.518. The van der Waals surface area contributed by atoms with Crippen LogP contribution >= 0.6 is 45.9 Å². The summed E-state index contributed by atoms with van der Waals surface area (Å²) in [6, 6.07) is 2.98. The van der Waals surface area contributed by atoms with Gasteiger partial charge in [-0.25, -0.2) is 14.8 Å². The molecule has 0 radical (unpaired) electrons. The summed E-state index contributed by atoms with van der Waals surface area (Å²) in [7, 11) is 0. The number of aryl methyl sites for hydroxylation is 1. The van der Waals surface area contributed by atoms with E-state index < -0.39 is 18.2 Å².